The fraction of sp³-hybridized carbons (Fsp3) is 0.562. The van der Waals surface area contributed by atoms with Gasteiger partial charge in [-0.2, -0.15) is 0 Å². The van der Waals surface area contributed by atoms with Crippen molar-refractivity contribution >= 4 is 16.9 Å². The van der Waals surface area contributed by atoms with Crippen LogP contribution in [0.4, 0.5) is 0 Å². The van der Waals surface area contributed by atoms with Crippen LogP contribution in [0.1, 0.15) is 48.7 Å². The molecule has 0 bridgehead atoms. The first-order chi connectivity index (χ1) is 10.7. The van der Waals surface area contributed by atoms with Crippen LogP contribution in [0.3, 0.4) is 0 Å². The van der Waals surface area contributed by atoms with Gasteiger partial charge in [-0.25, -0.2) is 4.98 Å². The number of likely N-dealkylation sites (N-methyl/N-ethyl adjacent to an activating group) is 1. The number of fused-ring (bicyclic) bond motifs is 1. The summed E-state index contributed by atoms with van der Waals surface area (Å²) >= 11 is 0. The Morgan fingerprint density at radius 1 is 1.52 bits per heavy atom. The maximum Gasteiger partial charge on any atom is 0.274 e. The van der Waals surface area contributed by atoms with Crippen LogP contribution in [0.15, 0.2) is 10.9 Å². The summed E-state index contributed by atoms with van der Waals surface area (Å²) in [5, 5.41) is 12.9. The lowest BCUT2D eigenvalue weighted by molar-refractivity contribution is 0.0369. The molecular formula is C16H22N4O3. The number of carbonyl (C=O) groups is 1. The topological polar surface area (TPSA) is 91.2 Å². The van der Waals surface area contributed by atoms with Crippen LogP contribution in [0.5, 0.6) is 0 Å². The molecule has 7 heteroatoms. The van der Waals surface area contributed by atoms with Crippen molar-refractivity contribution in [1.82, 2.24) is 19.7 Å². The highest BCUT2D eigenvalue weighted by Gasteiger charge is 2.30. The molecule has 23 heavy (non-hydrogen) atoms. The van der Waals surface area contributed by atoms with E-state index >= 15 is 0 Å². The van der Waals surface area contributed by atoms with E-state index in [9.17, 15) is 14.7 Å². The zero-order valence-electron chi connectivity index (χ0n) is 13.9. The van der Waals surface area contributed by atoms with Gasteiger partial charge in [-0.1, -0.05) is 0 Å². The number of carbonyl (C=O) groups excluding carboxylic acids is 1. The molecule has 2 aromatic heterocycles. The third-order valence-electron chi connectivity index (χ3n) is 4.03. The number of nitrogens with zero attached hydrogens (tertiary/aromatic N) is 3. The molecule has 2 aromatic rings. The van der Waals surface area contributed by atoms with Gasteiger partial charge in [0.2, 0.25) is 0 Å². The number of pyridine rings is 1. The number of aromatic nitrogens is 3. The molecule has 2 heterocycles. The number of nitrogens with one attached hydrogen (secondary N) is 1. The van der Waals surface area contributed by atoms with Gasteiger partial charge in [-0.3, -0.25) is 19.4 Å². The molecule has 124 valence electrons. The number of aromatic amines is 1. The molecule has 7 nitrogen and oxygen atoms in total. The van der Waals surface area contributed by atoms with E-state index in [-0.39, 0.29) is 18.0 Å². The summed E-state index contributed by atoms with van der Waals surface area (Å²) in [5.41, 5.74) is 0.383. The molecule has 0 aliphatic heterocycles. The van der Waals surface area contributed by atoms with E-state index in [0.29, 0.717) is 22.5 Å². The summed E-state index contributed by atoms with van der Waals surface area (Å²) in [6.07, 6.45) is 2.12. The summed E-state index contributed by atoms with van der Waals surface area (Å²) in [7, 11) is 3.34. The monoisotopic (exact) mass is 318 g/mol. The van der Waals surface area contributed by atoms with Crippen LogP contribution in [-0.4, -0.2) is 49.9 Å². The van der Waals surface area contributed by atoms with Gasteiger partial charge in [0.1, 0.15) is 0 Å². The zero-order chi connectivity index (χ0) is 16.9. The van der Waals surface area contributed by atoms with E-state index < -0.39 is 5.60 Å². The van der Waals surface area contributed by atoms with E-state index in [1.54, 1.807) is 38.7 Å². The lowest BCUT2D eigenvalue weighted by Gasteiger charge is -2.25. The number of aliphatic hydroxyl groups is 1. The van der Waals surface area contributed by atoms with Crippen LogP contribution in [0.2, 0.25) is 0 Å². The number of H-pyrrole nitrogens is 1. The molecule has 0 saturated heterocycles. The largest absolute Gasteiger partial charge is 0.389 e. The second kappa shape index (κ2) is 5.19. The molecule has 1 amide bonds. The van der Waals surface area contributed by atoms with Crippen molar-refractivity contribution in [3.8, 4) is 0 Å². The van der Waals surface area contributed by atoms with Crippen LogP contribution >= 0.6 is 0 Å². The Morgan fingerprint density at radius 2 is 2.17 bits per heavy atom. The van der Waals surface area contributed by atoms with Gasteiger partial charge >= 0.3 is 0 Å². The number of rotatable bonds is 4. The molecule has 1 saturated carbocycles. The number of hydrogen-bond acceptors (Lipinski definition) is 4. The molecule has 1 aliphatic carbocycles. The number of hydrogen-bond donors (Lipinski definition) is 2. The second-order valence-electron chi connectivity index (χ2n) is 7.04. The fourth-order valence-corrected chi connectivity index (χ4v) is 2.89. The Bertz CT molecular complexity index is 824. The maximum atomic E-state index is 12.8. The summed E-state index contributed by atoms with van der Waals surface area (Å²) in [6, 6.07) is 1.73. The van der Waals surface area contributed by atoms with Crippen molar-refractivity contribution < 1.29 is 9.90 Å². The van der Waals surface area contributed by atoms with E-state index in [0.717, 1.165) is 18.5 Å². The van der Waals surface area contributed by atoms with Crippen molar-refractivity contribution in [1.29, 1.82) is 0 Å². The first-order valence-electron chi connectivity index (χ1n) is 7.75. The molecule has 0 spiro atoms. The van der Waals surface area contributed by atoms with E-state index in [1.807, 2.05) is 0 Å². The van der Waals surface area contributed by atoms with E-state index in [4.69, 9.17) is 0 Å². The number of aryl methyl sites for hydroxylation is 1. The summed E-state index contributed by atoms with van der Waals surface area (Å²) in [5.74, 6) is 0.0914. The maximum absolute atomic E-state index is 12.8. The average molecular weight is 318 g/mol. The highest BCUT2D eigenvalue weighted by atomic mass is 16.3. The van der Waals surface area contributed by atoms with Crippen molar-refractivity contribution in [3.63, 3.8) is 0 Å². The lowest BCUT2D eigenvalue weighted by atomic mass is 10.1. The Balaban J connectivity index is 2.11. The van der Waals surface area contributed by atoms with Gasteiger partial charge < -0.3 is 10.0 Å². The Kier molecular flexibility index (Phi) is 3.55. The molecular weight excluding hydrogens is 296 g/mol. The minimum Gasteiger partial charge on any atom is -0.389 e. The predicted molar refractivity (Wildman–Crippen MR) is 86.6 cm³/mol. The van der Waals surface area contributed by atoms with Gasteiger partial charge in [-0.15, -0.1) is 0 Å². The standard InChI is InChI=1S/C16H22N4O3/c1-16(2,23)8-19(3)15(22)10-7-11(9-5-6-9)17-13-12(10)14(21)18-20(13)4/h7,9,23H,5-6,8H2,1-4H3,(H,18,21). The van der Waals surface area contributed by atoms with Crippen LogP contribution in [0.25, 0.3) is 11.0 Å². The van der Waals surface area contributed by atoms with Gasteiger partial charge in [0.25, 0.3) is 11.5 Å². The van der Waals surface area contributed by atoms with Crippen LogP contribution in [0, 0.1) is 0 Å². The minimum atomic E-state index is -1.00. The molecule has 0 unspecified atom stereocenters. The third-order valence-corrected chi connectivity index (χ3v) is 4.03. The average Bonchev–Trinajstić information content (AvgIpc) is 3.23. The van der Waals surface area contributed by atoms with E-state index in [1.165, 1.54) is 4.90 Å². The molecule has 1 fully saturated rings. The Morgan fingerprint density at radius 3 is 2.74 bits per heavy atom. The molecule has 0 radical (unpaired) electrons. The lowest BCUT2D eigenvalue weighted by Crippen LogP contribution is -2.40. The Labute approximate surface area is 133 Å². The summed E-state index contributed by atoms with van der Waals surface area (Å²) in [6.45, 7) is 3.47. The zero-order valence-corrected chi connectivity index (χ0v) is 13.9. The first-order valence-corrected chi connectivity index (χ1v) is 7.75. The smallest absolute Gasteiger partial charge is 0.274 e. The van der Waals surface area contributed by atoms with Crippen molar-refractivity contribution in [3.05, 3.63) is 27.7 Å². The second-order valence-corrected chi connectivity index (χ2v) is 7.04. The van der Waals surface area contributed by atoms with E-state index in [2.05, 4.69) is 10.1 Å². The van der Waals surface area contributed by atoms with Crippen molar-refractivity contribution in [2.24, 2.45) is 7.05 Å². The van der Waals surface area contributed by atoms with Gasteiger partial charge in [0.05, 0.1) is 16.6 Å². The Hall–Kier alpha value is -2.15. The SMILES string of the molecule is CN(CC(C)(C)O)C(=O)c1cc(C2CC2)nc2c1c(=O)[nH]n2C. The highest BCUT2D eigenvalue weighted by molar-refractivity contribution is 6.05. The summed E-state index contributed by atoms with van der Waals surface area (Å²) < 4.78 is 1.55. The first kappa shape index (κ1) is 15.7. The molecule has 1 aliphatic rings. The third kappa shape index (κ3) is 3.01. The quantitative estimate of drug-likeness (QED) is 0.879. The van der Waals surface area contributed by atoms with Gasteiger partial charge in [-0.05, 0) is 32.8 Å². The molecule has 0 atom stereocenters. The minimum absolute atomic E-state index is 0.180. The number of amides is 1. The van der Waals surface area contributed by atoms with Crippen molar-refractivity contribution in [2.45, 2.75) is 38.2 Å². The molecule has 3 rings (SSSR count). The van der Waals surface area contributed by atoms with Gasteiger partial charge in [0.15, 0.2) is 5.65 Å². The predicted octanol–water partition coefficient (Wildman–Crippen LogP) is 0.982. The molecule has 0 aromatic carbocycles. The van der Waals surface area contributed by atoms with Crippen LogP contribution < -0.4 is 5.56 Å². The molecule has 2 N–H and O–H groups in total. The summed E-state index contributed by atoms with van der Waals surface area (Å²) in [4.78, 5) is 31.0. The van der Waals surface area contributed by atoms with Crippen molar-refractivity contribution in [2.75, 3.05) is 13.6 Å². The van der Waals surface area contributed by atoms with Gasteiger partial charge in [0, 0.05) is 32.3 Å². The highest BCUT2D eigenvalue weighted by Crippen LogP contribution is 2.40. The fourth-order valence-electron chi connectivity index (χ4n) is 2.89. The normalized spacial score (nSPS) is 15.2. The van der Waals surface area contributed by atoms with Crippen LogP contribution in [-0.2, 0) is 7.05 Å².